The molecule has 1 aliphatic rings. The van der Waals surface area contributed by atoms with E-state index >= 15 is 0 Å². The Hall–Kier alpha value is -2.14. The van der Waals surface area contributed by atoms with E-state index in [0.29, 0.717) is 29.9 Å². The first-order valence-corrected chi connectivity index (χ1v) is 15.2. The molecule has 3 aromatic rings. The van der Waals surface area contributed by atoms with E-state index in [4.69, 9.17) is 4.74 Å². The molecule has 1 amide bonds. The molecular weight excluding hydrogens is 502 g/mol. The number of thioether (sulfide) groups is 1. The average Bonchev–Trinajstić information content (AvgIpc) is 3.19. The normalized spacial score (nSPS) is 17.7. The van der Waals surface area contributed by atoms with Crippen molar-refractivity contribution in [1.82, 2.24) is 8.87 Å². The molecule has 0 aliphatic carbocycles. The summed E-state index contributed by atoms with van der Waals surface area (Å²) in [7, 11) is -2.16. The first-order chi connectivity index (χ1) is 16.7. The summed E-state index contributed by atoms with van der Waals surface area (Å²) in [6.45, 7) is 5.46. The summed E-state index contributed by atoms with van der Waals surface area (Å²) in [5, 5.41) is 0. The van der Waals surface area contributed by atoms with Crippen LogP contribution in [0.15, 0.2) is 46.3 Å². The van der Waals surface area contributed by atoms with E-state index in [2.05, 4.69) is 41.8 Å². The Morgan fingerprint density at radius 3 is 2.66 bits per heavy atom. The number of aromatic nitrogens is 1. The second-order valence-corrected chi connectivity index (χ2v) is 12.7. The van der Waals surface area contributed by atoms with Crippen LogP contribution in [0.25, 0.3) is 10.2 Å². The van der Waals surface area contributed by atoms with Crippen LogP contribution in [0.2, 0.25) is 0 Å². The van der Waals surface area contributed by atoms with Gasteiger partial charge in [0.15, 0.2) is 4.80 Å². The highest BCUT2D eigenvalue weighted by Gasteiger charge is 2.33. The minimum atomic E-state index is -3.70. The Morgan fingerprint density at radius 2 is 1.97 bits per heavy atom. The fourth-order valence-corrected chi connectivity index (χ4v) is 7.44. The van der Waals surface area contributed by atoms with Gasteiger partial charge in [-0.3, -0.25) is 4.79 Å². The van der Waals surface area contributed by atoms with Crippen molar-refractivity contribution in [3.05, 3.63) is 52.3 Å². The number of fused-ring (bicyclic) bond motifs is 1. The number of carbonyl (C=O) groups excluding carboxylic acids is 1. The Morgan fingerprint density at radius 1 is 1.23 bits per heavy atom. The zero-order valence-corrected chi connectivity index (χ0v) is 22.9. The monoisotopic (exact) mass is 533 g/mol. The van der Waals surface area contributed by atoms with Crippen LogP contribution >= 0.6 is 23.1 Å². The summed E-state index contributed by atoms with van der Waals surface area (Å²) in [6.07, 6.45) is 3.32. The van der Waals surface area contributed by atoms with Crippen LogP contribution in [-0.2, 0) is 21.4 Å². The predicted octanol–water partition coefficient (Wildman–Crippen LogP) is 4.22. The molecule has 35 heavy (non-hydrogen) atoms. The third-order valence-corrected chi connectivity index (χ3v) is 9.97. The maximum absolute atomic E-state index is 13.3. The summed E-state index contributed by atoms with van der Waals surface area (Å²) in [6, 6.07) is 10.6. The lowest BCUT2D eigenvalue weighted by molar-refractivity contribution is -0.122. The van der Waals surface area contributed by atoms with Gasteiger partial charge in [0.1, 0.15) is 5.75 Å². The molecule has 188 valence electrons. The molecule has 0 bridgehead atoms. The van der Waals surface area contributed by atoms with Crippen LogP contribution in [0.3, 0.4) is 0 Å². The van der Waals surface area contributed by atoms with Gasteiger partial charge in [0.25, 0.3) is 5.91 Å². The summed E-state index contributed by atoms with van der Waals surface area (Å²) >= 11 is 3.28. The van der Waals surface area contributed by atoms with E-state index in [1.807, 2.05) is 0 Å². The van der Waals surface area contributed by atoms with Gasteiger partial charge in [0.05, 0.1) is 28.1 Å². The number of piperidine rings is 1. The Labute approximate surface area is 214 Å². The van der Waals surface area contributed by atoms with Gasteiger partial charge in [-0.1, -0.05) is 17.4 Å². The third-order valence-electron chi connectivity index (χ3n) is 6.27. The second kappa shape index (κ2) is 10.9. The highest BCUT2D eigenvalue weighted by molar-refractivity contribution is 7.98. The van der Waals surface area contributed by atoms with Crippen molar-refractivity contribution in [2.24, 2.45) is 10.9 Å². The SMILES string of the molecule is COc1ccc(S(=O)(=O)N2CCCC(C(=O)N=c3sc4c(C)cc(C)cc4n3CCSC)C2)cc1. The predicted molar refractivity (Wildman–Crippen MR) is 143 cm³/mol. The standard InChI is InChI=1S/C25H31N3O4S3/c1-17-14-18(2)23-22(15-17)28(12-13-33-4)25(34-23)26-24(29)19-6-5-11-27(16-19)35(30,31)21-9-7-20(32-3)8-10-21/h7-10,14-15,19H,5-6,11-13,16H2,1-4H3. The van der Waals surface area contributed by atoms with E-state index in [1.54, 1.807) is 36.0 Å². The number of sulfonamides is 1. The Bertz CT molecular complexity index is 1390. The van der Waals surface area contributed by atoms with Gasteiger partial charge in [-0.15, -0.1) is 0 Å². The first kappa shape index (κ1) is 25.9. The lowest BCUT2D eigenvalue weighted by Crippen LogP contribution is -2.42. The molecule has 7 nitrogen and oxygen atoms in total. The minimum Gasteiger partial charge on any atom is -0.497 e. The van der Waals surface area contributed by atoms with Crippen LogP contribution in [0.5, 0.6) is 5.75 Å². The number of rotatable bonds is 7. The number of nitrogens with zero attached hydrogens (tertiary/aromatic N) is 3. The highest BCUT2D eigenvalue weighted by Crippen LogP contribution is 2.27. The van der Waals surface area contributed by atoms with Gasteiger partial charge in [-0.2, -0.15) is 21.1 Å². The van der Waals surface area contributed by atoms with E-state index in [0.717, 1.165) is 22.5 Å². The smallest absolute Gasteiger partial charge is 0.252 e. The number of ether oxygens (including phenoxy) is 1. The summed E-state index contributed by atoms with van der Waals surface area (Å²) in [5.41, 5.74) is 3.45. The molecule has 1 aromatic heterocycles. The van der Waals surface area contributed by atoms with E-state index in [-0.39, 0.29) is 17.3 Å². The lowest BCUT2D eigenvalue weighted by Gasteiger charge is -2.30. The molecule has 10 heteroatoms. The zero-order chi connectivity index (χ0) is 25.2. The maximum atomic E-state index is 13.3. The highest BCUT2D eigenvalue weighted by atomic mass is 32.2. The molecule has 0 radical (unpaired) electrons. The van der Waals surface area contributed by atoms with E-state index in [1.165, 1.54) is 33.9 Å². The van der Waals surface area contributed by atoms with Crippen molar-refractivity contribution in [1.29, 1.82) is 0 Å². The van der Waals surface area contributed by atoms with Crippen LogP contribution in [-0.4, -0.2) is 55.4 Å². The van der Waals surface area contributed by atoms with Crippen molar-refractivity contribution in [3.63, 3.8) is 0 Å². The molecule has 2 aromatic carbocycles. The van der Waals surface area contributed by atoms with Crippen molar-refractivity contribution >= 4 is 49.2 Å². The van der Waals surface area contributed by atoms with Crippen LogP contribution < -0.4 is 9.54 Å². The first-order valence-electron chi connectivity index (χ1n) is 11.6. The van der Waals surface area contributed by atoms with Crippen molar-refractivity contribution in [2.45, 2.75) is 38.1 Å². The summed E-state index contributed by atoms with van der Waals surface area (Å²) in [4.78, 5) is 18.7. The molecule has 0 saturated carbocycles. The van der Waals surface area contributed by atoms with E-state index in [9.17, 15) is 13.2 Å². The number of aryl methyl sites for hydroxylation is 3. The van der Waals surface area contributed by atoms with Gasteiger partial charge in [0.2, 0.25) is 10.0 Å². The fraction of sp³-hybridized carbons (Fsp3) is 0.440. The molecule has 0 N–H and O–H groups in total. The maximum Gasteiger partial charge on any atom is 0.252 e. The Kier molecular flexibility index (Phi) is 8.05. The Balaban J connectivity index is 1.63. The fourth-order valence-electron chi connectivity index (χ4n) is 4.44. The summed E-state index contributed by atoms with van der Waals surface area (Å²) in [5.74, 6) is 0.799. The number of thiazole rings is 1. The van der Waals surface area contributed by atoms with Gasteiger partial charge in [0, 0.05) is 25.4 Å². The van der Waals surface area contributed by atoms with Crippen molar-refractivity contribution in [3.8, 4) is 5.75 Å². The van der Waals surface area contributed by atoms with E-state index < -0.39 is 15.9 Å². The number of benzene rings is 2. The molecule has 2 heterocycles. The van der Waals surface area contributed by atoms with Gasteiger partial charge in [-0.05, 0) is 74.4 Å². The third kappa shape index (κ3) is 5.50. The molecule has 0 spiro atoms. The topological polar surface area (TPSA) is 81.0 Å². The van der Waals surface area contributed by atoms with Crippen LogP contribution in [0.4, 0.5) is 0 Å². The molecule has 1 atom stereocenters. The van der Waals surface area contributed by atoms with Crippen LogP contribution in [0.1, 0.15) is 24.0 Å². The molecule has 1 unspecified atom stereocenters. The number of hydrogen-bond acceptors (Lipinski definition) is 6. The van der Waals surface area contributed by atoms with Crippen molar-refractivity contribution < 1.29 is 17.9 Å². The lowest BCUT2D eigenvalue weighted by atomic mass is 9.99. The quantitative estimate of drug-likeness (QED) is 0.454. The number of amides is 1. The van der Waals surface area contributed by atoms with Crippen molar-refractivity contribution in [2.75, 3.05) is 32.2 Å². The molecule has 1 aliphatic heterocycles. The largest absolute Gasteiger partial charge is 0.497 e. The average molecular weight is 534 g/mol. The van der Waals surface area contributed by atoms with Gasteiger partial charge < -0.3 is 9.30 Å². The summed E-state index contributed by atoms with van der Waals surface area (Å²) < 4.78 is 36.2. The molecule has 1 saturated heterocycles. The molecular formula is C25H31N3O4S3. The second-order valence-electron chi connectivity index (χ2n) is 8.79. The van der Waals surface area contributed by atoms with Gasteiger partial charge >= 0.3 is 0 Å². The number of hydrogen-bond donors (Lipinski definition) is 0. The molecule has 1 fully saturated rings. The molecule has 4 rings (SSSR count). The van der Waals surface area contributed by atoms with Crippen LogP contribution in [0, 0.1) is 19.8 Å². The minimum absolute atomic E-state index is 0.143. The van der Waals surface area contributed by atoms with Gasteiger partial charge in [-0.25, -0.2) is 8.42 Å². The number of methoxy groups -OCH3 is 1. The number of carbonyl (C=O) groups is 1. The zero-order valence-electron chi connectivity index (χ0n) is 20.5.